The summed E-state index contributed by atoms with van der Waals surface area (Å²) in [5.74, 6) is 0.162. The summed E-state index contributed by atoms with van der Waals surface area (Å²) in [6, 6.07) is 0. The third-order valence-electron chi connectivity index (χ3n) is 4.16. The fourth-order valence-corrected chi connectivity index (χ4v) is 2.81. The molecule has 1 rings (SSSR count). The average Bonchev–Trinajstić information content (AvgIpc) is 2.82. The second kappa shape index (κ2) is 11.0. The van der Waals surface area contributed by atoms with E-state index < -0.39 is 5.79 Å². The zero-order valence-electron chi connectivity index (χ0n) is 15.6. The zero-order valence-corrected chi connectivity index (χ0v) is 15.6. The van der Waals surface area contributed by atoms with Gasteiger partial charge in [-0.2, -0.15) is 0 Å². The van der Waals surface area contributed by atoms with Gasteiger partial charge in [0.1, 0.15) is 12.7 Å². The van der Waals surface area contributed by atoms with Crippen molar-refractivity contribution in [3.63, 3.8) is 0 Å². The zero-order chi connectivity index (χ0) is 17.1. The van der Waals surface area contributed by atoms with Crippen LogP contribution in [-0.2, 0) is 19.0 Å². The number of hydrogen-bond donors (Lipinski definition) is 0. The molecule has 0 aromatic carbocycles. The predicted octanol–water partition coefficient (Wildman–Crippen LogP) is 4.85. The maximum atomic E-state index is 11.7. The highest BCUT2D eigenvalue weighted by atomic mass is 16.7. The lowest BCUT2D eigenvalue weighted by atomic mass is 10.0. The maximum Gasteiger partial charge on any atom is 0.305 e. The maximum absolute atomic E-state index is 11.7. The number of rotatable bonds is 12. The predicted molar refractivity (Wildman–Crippen MR) is 92.3 cm³/mol. The number of hydrogen-bond acceptors (Lipinski definition) is 4. The Morgan fingerprint density at radius 3 is 2.26 bits per heavy atom. The summed E-state index contributed by atoms with van der Waals surface area (Å²) in [7, 11) is 0. The van der Waals surface area contributed by atoms with Crippen LogP contribution in [0.5, 0.6) is 0 Å². The molecule has 0 amide bonds. The highest BCUT2D eigenvalue weighted by molar-refractivity contribution is 5.69. The smallest absolute Gasteiger partial charge is 0.305 e. The van der Waals surface area contributed by atoms with Crippen LogP contribution in [0.2, 0.25) is 0 Å². The van der Waals surface area contributed by atoms with Crippen molar-refractivity contribution in [1.29, 1.82) is 0 Å². The van der Waals surface area contributed by atoms with Gasteiger partial charge in [-0.1, -0.05) is 58.8 Å². The van der Waals surface area contributed by atoms with Crippen LogP contribution in [0.1, 0.15) is 85.5 Å². The molecule has 1 atom stereocenters. The quantitative estimate of drug-likeness (QED) is 0.379. The van der Waals surface area contributed by atoms with Crippen LogP contribution in [0.4, 0.5) is 0 Å². The van der Waals surface area contributed by atoms with Crippen molar-refractivity contribution in [2.24, 2.45) is 5.92 Å². The molecule has 1 saturated heterocycles. The Morgan fingerprint density at radius 1 is 1.09 bits per heavy atom. The van der Waals surface area contributed by atoms with Crippen molar-refractivity contribution in [2.45, 2.75) is 97.4 Å². The van der Waals surface area contributed by atoms with Gasteiger partial charge in [0, 0.05) is 6.42 Å². The minimum Gasteiger partial charge on any atom is -0.463 e. The first kappa shape index (κ1) is 20.4. The van der Waals surface area contributed by atoms with Crippen LogP contribution >= 0.6 is 0 Å². The van der Waals surface area contributed by atoms with Crippen molar-refractivity contribution in [3.8, 4) is 0 Å². The lowest BCUT2D eigenvalue weighted by Gasteiger charge is -2.16. The van der Waals surface area contributed by atoms with Gasteiger partial charge in [0.05, 0.1) is 6.61 Å². The van der Waals surface area contributed by atoms with Gasteiger partial charge in [0.15, 0.2) is 5.79 Å². The summed E-state index contributed by atoms with van der Waals surface area (Å²) >= 11 is 0. The summed E-state index contributed by atoms with van der Waals surface area (Å²) in [4.78, 5) is 11.7. The van der Waals surface area contributed by atoms with Gasteiger partial charge in [-0.25, -0.2) is 0 Å². The van der Waals surface area contributed by atoms with Crippen LogP contribution in [0.3, 0.4) is 0 Å². The molecule has 23 heavy (non-hydrogen) atoms. The molecule has 4 heteroatoms. The first-order chi connectivity index (χ1) is 10.9. The molecule has 4 nitrogen and oxygen atoms in total. The van der Waals surface area contributed by atoms with Crippen LogP contribution in [-0.4, -0.2) is 31.1 Å². The summed E-state index contributed by atoms with van der Waals surface area (Å²) in [6.07, 6.45) is 10.3. The van der Waals surface area contributed by atoms with Crippen molar-refractivity contribution < 1.29 is 19.0 Å². The minimum absolute atomic E-state index is 0.116. The lowest BCUT2D eigenvalue weighted by molar-refractivity contribution is -0.158. The van der Waals surface area contributed by atoms with E-state index in [1.807, 2.05) is 13.8 Å². The Kier molecular flexibility index (Phi) is 9.80. The van der Waals surface area contributed by atoms with Gasteiger partial charge >= 0.3 is 5.97 Å². The van der Waals surface area contributed by atoms with Gasteiger partial charge in [0.25, 0.3) is 0 Å². The second-order valence-corrected chi connectivity index (χ2v) is 7.54. The number of ether oxygens (including phenoxy) is 3. The molecular weight excluding hydrogens is 292 g/mol. The van der Waals surface area contributed by atoms with E-state index in [2.05, 4.69) is 13.8 Å². The van der Waals surface area contributed by atoms with Crippen molar-refractivity contribution in [1.82, 2.24) is 0 Å². The van der Waals surface area contributed by atoms with E-state index in [0.29, 0.717) is 19.6 Å². The van der Waals surface area contributed by atoms with Crippen LogP contribution in [0.25, 0.3) is 0 Å². The van der Waals surface area contributed by atoms with Crippen LogP contribution < -0.4 is 0 Å². The van der Waals surface area contributed by atoms with E-state index in [-0.39, 0.29) is 12.1 Å². The molecule has 0 radical (unpaired) electrons. The van der Waals surface area contributed by atoms with E-state index in [4.69, 9.17) is 14.2 Å². The molecular formula is C19H36O4. The van der Waals surface area contributed by atoms with Gasteiger partial charge in [-0.05, 0) is 26.2 Å². The third kappa shape index (κ3) is 10.7. The minimum atomic E-state index is -0.549. The molecule has 0 saturated carbocycles. The summed E-state index contributed by atoms with van der Waals surface area (Å²) in [5, 5.41) is 0. The lowest BCUT2D eigenvalue weighted by Crippen LogP contribution is -2.25. The SMILES string of the molecule is CC(C)CCCCCCCCCC(=O)OCC1COC(C)(C)O1. The number of carbonyl (C=O) groups is 1. The Morgan fingerprint density at radius 2 is 1.70 bits per heavy atom. The molecule has 0 bridgehead atoms. The van der Waals surface area contributed by atoms with Crippen molar-refractivity contribution in [2.75, 3.05) is 13.2 Å². The van der Waals surface area contributed by atoms with Gasteiger partial charge in [-0.15, -0.1) is 0 Å². The normalized spacial score (nSPS) is 20.1. The van der Waals surface area contributed by atoms with Gasteiger partial charge in [0.2, 0.25) is 0 Å². The third-order valence-corrected chi connectivity index (χ3v) is 4.16. The fraction of sp³-hybridized carbons (Fsp3) is 0.947. The number of unbranched alkanes of at least 4 members (excludes halogenated alkanes) is 6. The van der Waals surface area contributed by atoms with Crippen LogP contribution in [0.15, 0.2) is 0 Å². The van der Waals surface area contributed by atoms with Crippen LogP contribution in [0, 0.1) is 5.92 Å². The summed E-state index contributed by atoms with van der Waals surface area (Å²) in [6.45, 7) is 9.11. The Labute approximate surface area is 142 Å². The highest BCUT2D eigenvalue weighted by Crippen LogP contribution is 2.22. The summed E-state index contributed by atoms with van der Waals surface area (Å²) in [5.41, 5.74) is 0. The van der Waals surface area contributed by atoms with E-state index in [1.54, 1.807) is 0 Å². The standard InChI is InChI=1S/C19H36O4/c1-16(2)12-10-8-6-5-7-9-11-13-18(20)21-14-17-15-22-19(3,4)23-17/h16-17H,5-15H2,1-4H3. The van der Waals surface area contributed by atoms with Gasteiger partial charge in [-0.3, -0.25) is 4.79 Å². The Hall–Kier alpha value is -0.610. The Balaban J connectivity index is 1.87. The van der Waals surface area contributed by atoms with E-state index in [0.717, 1.165) is 18.8 Å². The molecule has 0 aromatic heterocycles. The highest BCUT2D eigenvalue weighted by Gasteiger charge is 2.33. The molecule has 0 aliphatic carbocycles. The van der Waals surface area contributed by atoms with Crippen molar-refractivity contribution in [3.05, 3.63) is 0 Å². The van der Waals surface area contributed by atoms with E-state index in [1.165, 1.54) is 38.5 Å². The summed E-state index contributed by atoms with van der Waals surface area (Å²) < 4.78 is 16.3. The monoisotopic (exact) mass is 328 g/mol. The number of esters is 1. The molecule has 1 heterocycles. The average molecular weight is 328 g/mol. The van der Waals surface area contributed by atoms with E-state index in [9.17, 15) is 4.79 Å². The first-order valence-electron chi connectivity index (χ1n) is 9.36. The van der Waals surface area contributed by atoms with E-state index >= 15 is 0 Å². The topological polar surface area (TPSA) is 44.8 Å². The molecule has 1 fully saturated rings. The molecule has 0 spiro atoms. The molecule has 1 aliphatic rings. The first-order valence-corrected chi connectivity index (χ1v) is 9.36. The fourth-order valence-electron chi connectivity index (χ4n) is 2.81. The molecule has 0 aromatic rings. The Bertz CT molecular complexity index is 325. The molecule has 1 aliphatic heterocycles. The van der Waals surface area contributed by atoms with Crippen molar-refractivity contribution >= 4 is 5.97 Å². The second-order valence-electron chi connectivity index (χ2n) is 7.54. The largest absolute Gasteiger partial charge is 0.463 e. The molecule has 0 N–H and O–H groups in total. The molecule has 136 valence electrons. The van der Waals surface area contributed by atoms with Gasteiger partial charge < -0.3 is 14.2 Å². The molecule has 1 unspecified atom stereocenters. The number of carbonyl (C=O) groups excluding carboxylic acids is 1.